The number of allylic oxidation sites excluding steroid dienone is 4. The van der Waals surface area contributed by atoms with Gasteiger partial charge in [-0.25, -0.2) is 9.59 Å². The molecule has 7 N–H and O–H groups in total. The summed E-state index contributed by atoms with van der Waals surface area (Å²) >= 11 is 12.3. The van der Waals surface area contributed by atoms with Gasteiger partial charge in [0.2, 0.25) is 0 Å². The van der Waals surface area contributed by atoms with Crippen molar-refractivity contribution in [3.05, 3.63) is 79.9 Å². The number of methoxy groups -OCH3 is 1. The number of benzene rings is 1. The summed E-state index contributed by atoms with van der Waals surface area (Å²) < 4.78 is 47.5. The molecule has 3 aliphatic rings. The number of cyclic esters (lactones) is 1. The van der Waals surface area contributed by atoms with E-state index >= 15 is 0 Å². The van der Waals surface area contributed by atoms with Gasteiger partial charge >= 0.3 is 17.9 Å². The maximum absolute atomic E-state index is 13.9. The lowest BCUT2D eigenvalue weighted by atomic mass is 9.88. The molecule has 0 bridgehead atoms. The lowest BCUT2D eigenvalue weighted by molar-refractivity contribution is -0.333. The number of phenols is 2. The minimum atomic E-state index is -1.61. The monoisotopic (exact) mass is 1060 g/mol. The summed E-state index contributed by atoms with van der Waals surface area (Å²) in [6.45, 7) is 18.1. The molecule has 2 saturated heterocycles. The minimum absolute atomic E-state index is 0.0372. The third-order valence-electron chi connectivity index (χ3n) is 13.0. The third-order valence-corrected chi connectivity index (χ3v) is 13.8. The first-order valence-electron chi connectivity index (χ1n) is 24.2. The molecule has 18 nitrogen and oxygen atoms in total. The molecule has 3 heterocycles. The van der Waals surface area contributed by atoms with E-state index < -0.39 is 144 Å². The van der Waals surface area contributed by atoms with E-state index in [4.69, 9.17) is 61.1 Å². The van der Waals surface area contributed by atoms with Crippen LogP contribution >= 0.6 is 23.2 Å². The molecule has 0 radical (unpaired) electrons. The maximum atomic E-state index is 13.9. The molecular formula is C52H74Cl2O18. The van der Waals surface area contributed by atoms with Crippen LogP contribution in [0, 0.1) is 11.8 Å². The molecule has 20 heteroatoms. The highest BCUT2D eigenvalue weighted by atomic mass is 35.5. The zero-order valence-electron chi connectivity index (χ0n) is 43.0. The van der Waals surface area contributed by atoms with Crippen LogP contribution < -0.4 is 0 Å². The zero-order valence-corrected chi connectivity index (χ0v) is 44.5. The van der Waals surface area contributed by atoms with Crippen molar-refractivity contribution in [1.29, 1.82) is 0 Å². The zero-order chi connectivity index (χ0) is 54.1. The molecular weight excluding hydrogens is 983 g/mol. The van der Waals surface area contributed by atoms with E-state index in [0.29, 0.717) is 23.1 Å². The van der Waals surface area contributed by atoms with Crippen molar-refractivity contribution in [2.45, 2.75) is 187 Å². The highest BCUT2D eigenvalue weighted by molar-refractivity contribution is 6.39. The van der Waals surface area contributed by atoms with Crippen LogP contribution in [0.5, 0.6) is 11.5 Å². The van der Waals surface area contributed by atoms with Crippen LogP contribution in [0.25, 0.3) is 0 Å². The van der Waals surface area contributed by atoms with Gasteiger partial charge in [-0.3, -0.25) is 4.79 Å². The highest BCUT2D eigenvalue weighted by Crippen LogP contribution is 2.45. The SMILES string of the molecule is CCc1c(Cl)c(O)c(Cl)c(O)c1C(=O)O[C@H]1[C@H](O)[C@H](OC)[C@H](OCC2=CC=CC[C@H](O)/C(C)=C/[C@H](CC)[C@@H](O[C@@H]3OC(C)(C)[C@@H](OC(=O)C(C)C)[C@H](O)[C@@H]3O)/C(C)=C/C(C)=C/C[C@@H]([C@@H](C)O)OC2=O)O[C@@H]1C. The molecule has 404 valence electrons. The first-order chi connectivity index (χ1) is 33.7. The lowest BCUT2D eigenvalue weighted by Gasteiger charge is -2.47. The van der Waals surface area contributed by atoms with Crippen LogP contribution in [0.15, 0.2) is 58.7 Å². The fraction of sp³-hybridized carbons (Fsp3) is 0.635. The molecule has 1 aromatic rings. The molecule has 0 unspecified atom stereocenters. The Kier molecular flexibility index (Phi) is 22.4. The summed E-state index contributed by atoms with van der Waals surface area (Å²) in [6.07, 6.45) is -5.45. The van der Waals surface area contributed by atoms with Gasteiger partial charge in [0.15, 0.2) is 36.3 Å². The number of carbonyl (C=O) groups is 3. The first kappa shape index (κ1) is 60.7. The van der Waals surface area contributed by atoms with Crippen LogP contribution in [0.4, 0.5) is 0 Å². The fourth-order valence-corrected chi connectivity index (χ4v) is 9.16. The second-order valence-corrected chi connectivity index (χ2v) is 20.1. The lowest BCUT2D eigenvalue weighted by Crippen LogP contribution is -2.64. The molecule has 14 atom stereocenters. The Bertz CT molecular complexity index is 2220. The molecule has 0 spiro atoms. The van der Waals surface area contributed by atoms with E-state index in [1.165, 1.54) is 33.1 Å². The summed E-state index contributed by atoms with van der Waals surface area (Å²) in [5, 5.41) is 76.5. The van der Waals surface area contributed by atoms with Gasteiger partial charge in [-0.15, -0.1) is 0 Å². The van der Waals surface area contributed by atoms with Crippen molar-refractivity contribution in [1.82, 2.24) is 0 Å². The Labute approximate surface area is 431 Å². The molecule has 1 aromatic carbocycles. The second kappa shape index (κ2) is 26.5. The van der Waals surface area contributed by atoms with Gasteiger partial charge in [0.05, 0.1) is 47.5 Å². The smallest absolute Gasteiger partial charge is 0.342 e. The normalized spacial score (nSPS) is 33.7. The van der Waals surface area contributed by atoms with Crippen molar-refractivity contribution in [3.8, 4) is 11.5 Å². The van der Waals surface area contributed by atoms with Gasteiger partial charge in [0.1, 0.15) is 46.7 Å². The number of aliphatic hydroxyl groups is 5. The van der Waals surface area contributed by atoms with Crippen LogP contribution in [0.2, 0.25) is 10.0 Å². The number of esters is 3. The van der Waals surface area contributed by atoms with E-state index in [1.807, 2.05) is 32.9 Å². The van der Waals surface area contributed by atoms with Gasteiger partial charge in [0, 0.05) is 19.4 Å². The first-order valence-corrected chi connectivity index (χ1v) is 24.9. The summed E-state index contributed by atoms with van der Waals surface area (Å²) in [4.78, 5) is 40.0. The number of rotatable bonds is 13. The van der Waals surface area contributed by atoms with Crippen molar-refractivity contribution >= 4 is 41.1 Å². The molecule has 0 aromatic heterocycles. The Hall–Kier alpha value is -3.89. The number of carbonyl (C=O) groups excluding carboxylic acids is 3. The average molecular weight is 1060 g/mol. The van der Waals surface area contributed by atoms with E-state index in [2.05, 4.69) is 0 Å². The number of hydrogen-bond donors (Lipinski definition) is 7. The summed E-state index contributed by atoms with van der Waals surface area (Å²) in [5.41, 5.74) is 0.318. The number of ether oxygens (including phenoxy) is 8. The molecule has 0 amide bonds. The van der Waals surface area contributed by atoms with Gasteiger partial charge in [-0.2, -0.15) is 0 Å². The standard InChI is InChI=1S/C52H74Cl2O18/c1-13-30-22-26(6)33(56)18-16-15-17-31(23-66-51-45(65-12)42(61)44(29(9)67-51)69-49(64)35-32(14-2)36(53)39(58)37(54)38(35)57)48(63)68-34(28(8)55)20-19-25(5)21-27(7)43(30)70-50-41(60)40(59)46(52(10,11)72-50)71-47(62)24(3)4/h15-17,19,21-22,24,28-30,33-34,40-46,50-51,55-61H,13-14,18,20,23H2,1-12H3/b16-15?,25-19+,26-22+,27-21+,31-17?/t28-,29-,30+,33+,34+,40-,41+,42+,43+,44-,45+,46+,50-,51-/m1/s1. The Morgan fingerprint density at radius 1 is 0.903 bits per heavy atom. The summed E-state index contributed by atoms with van der Waals surface area (Å²) in [5.74, 6) is -4.78. The highest BCUT2D eigenvalue weighted by Gasteiger charge is 2.53. The summed E-state index contributed by atoms with van der Waals surface area (Å²) in [6, 6.07) is 0. The van der Waals surface area contributed by atoms with Gasteiger partial charge in [-0.05, 0) is 90.5 Å². The van der Waals surface area contributed by atoms with Crippen LogP contribution in [-0.4, -0.2) is 153 Å². The van der Waals surface area contributed by atoms with E-state index in [9.17, 15) is 50.1 Å². The average Bonchev–Trinajstić information content (AvgIpc) is 3.32. The molecule has 0 aliphatic carbocycles. The van der Waals surface area contributed by atoms with Crippen LogP contribution in [0.1, 0.15) is 111 Å². The Balaban J connectivity index is 1.61. The number of halogens is 2. The molecule has 2 fully saturated rings. The molecule has 0 saturated carbocycles. The predicted octanol–water partition coefficient (Wildman–Crippen LogP) is 6.23. The fourth-order valence-electron chi connectivity index (χ4n) is 8.60. The number of aliphatic hydroxyl groups excluding tert-OH is 5. The molecule has 3 aliphatic heterocycles. The van der Waals surface area contributed by atoms with Crippen molar-refractivity contribution in [2.75, 3.05) is 13.7 Å². The summed E-state index contributed by atoms with van der Waals surface area (Å²) in [7, 11) is 1.26. The molecule has 4 rings (SSSR count). The van der Waals surface area contributed by atoms with E-state index in [0.717, 1.165) is 0 Å². The van der Waals surface area contributed by atoms with E-state index in [1.54, 1.807) is 53.7 Å². The Morgan fingerprint density at radius 2 is 1.57 bits per heavy atom. The minimum Gasteiger partial charge on any atom is -0.505 e. The number of hydrogen-bond acceptors (Lipinski definition) is 18. The maximum Gasteiger partial charge on any atom is 0.342 e. The van der Waals surface area contributed by atoms with Gasteiger partial charge < -0.3 is 73.6 Å². The quantitative estimate of drug-likeness (QED) is 0.0655. The molecule has 72 heavy (non-hydrogen) atoms. The van der Waals surface area contributed by atoms with Crippen LogP contribution in [0.3, 0.4) is 0 Å². The van der Waals surface area contributed by atoms with Gasteiger partial charge in [-0.1, -0.05) is 86.9 Å². The topological polar surface area (TPSA) is 267 Å². The van der Waals surface area contributed by atoms with E-state index in [-0.39, 0.29) is 35.4 Å². The van der Waals surface area contributed by atoms with Crippen molar-refractivity contribution in [2.24, 2.45) is 11.8 Å². The third kappa shape index (κ3) is 14.7. The van der Waals surface area contributed by atoms with Crippen LogP contribution in [-0.2, 0) is 53.9 Å². The van der Waals surface area contributed by atoms with Crippen molar-refractivity contribution < 1.29 is 88.0 Å². The van der Waals surface area contributed by atoms with Crippen molar-refractivity contribution in [3.63, 3.8) is 0 Å². The Morgan fingerprint density at radius 3 is 2.17 bits per heavy atom. The number of aromatic hydroxyl groups is 2. The number of phenolic OH excluding ortho intramolecular Hbond substituents is 2. The predicted molar refractivity (Wildman–Crippen MR) is 265 cm³/mol. The second-order valence-electron chi connectivity index (χ2n) is 19.4. The van der Waals surface area contributed by atoms with Gasteiger partial charge in [0.25, 0.3) is 0 Å². The largest absolute Gasteiger partial charge is 0.505 e.